The number of hydrogen-bond acceptors (Lipinski definition) is 2. The maximum Gasteiger partial charge on any atom is 0.0267 e. The lowest BCUT2D eigenvalue weighted by molar-refractivity contribution is 0.201. The van der Waals surface area contributed by atoms with E-state index in [9.17, 15) is 0 Å². The zero-order valence-electron chi connectivity index (χ0n) is 10.0. The molecule has 2 aliphatic rings. The molecule has 0 saturated heterocycles. The van der Waals surface area contributed by atoms with Crippen molar-refractivity contribution in [2.45, 2.75) is 64.3 Å². The molecule has 2 saturated carbocycles. The SMILES string of the molecule is CCCC1CCC(C(NN)C2CC2)CC1. The third-order valence-electron chi connectivity index (χ3n) is 4.42. The smallest absolute Gasteiger partial charge is 0.0267 e. The summed E-state index contributed by atoms with van der Waals surface area (Å²) in [6.45, 7) is 2.31. The highest BCUT2D eigenvalue weighted by atomic mass is 15.2. The minimum Gasteiger partial charge on any atom is -0.271 e. The van der Waals surface area contributed by atoms with Crippen LogP contribution < -0.4 is 11.3 Å². The lowest BCUT2D eigenvalue weighted by atomic mass is 9.76. The van der Waals surface area contributed by atoms with E-state index >= 15 is 0 Å². The molecule has 0 spiro atoms. The zero-order valence-corrected chi connectivity index (χ0v) is 10.0. The van der Waals surface area contributed by atoms with E-state index in [2.05, 4.69) is 12.3 Å². The summed E-state index contributed by atoms with van der Waals surface area (Å²) in [6.07, 6.45) is 11.3. The molecule has 0 heterocycles. The molecule has 0 amide bonds. The Bertz CT molecular complexity index is 181. The van der Waals surface area contributed by atoms with Gasteiger partial charge in [0.15, 0.2) is 0 Å². The first-order valence-corrected chi connectivity index (χ1v) is 6.81. The summed E-state index contributed by atoms with van der Waals surface area (Å²) in [4.78, 5) is 0. The molecule has 2 fully saturated rings. The molecule has 88 valence electrons. The van der Waals surface area contributed by atoms with Gasteiger partial charge < -0.3 is 0 Å². The first-order chi connectivity index (χ1) is 7.35. The van der Waals surface area contributed by atoms with E-state index in [0.717, 1.165) is 17.8 Å². The quantitative estimate of drug-likeness (QED) is 0.541. The van der Waals surface area contributed by atoms with Crippen molar-refractivity contribution in [3.05, 3.63) is 0 Å². The standard InChI is InChI=1S/C13H26N2/c1-2-3-10-4-6-11(7-5-10)13(15-14)12-8-9-12/h10-13,15H,2-9,14H2,1H3. The molecule has 0 aromatic rings. The van der Waals surface area contributed by atoms with Gasteiger partial charge in [0.05, 0.1) is 0 Å². The van der Waals surface area contributed by atoms with Crippen LogP contribution in [-0.4, -0.2) is 6.04 Å². The molecule has 2 rings (SSSR count). The lowest BCUT2D eigenvalue weighted by Crippen LogP contribution is -2.43. The minimum absolute atomic E-state index is 0.632. The van der Waals surface area contributed by atoms with Crippen molar-refractivity contribution in [2.75, 3.05) is 0 Å². The van der Waals surface area contributed by atoms with Gasteiger partial charge in [0, 0.05) is 6.04 Å². The number of hydrogen-bond donors (Lipinski definition) is 2. The predicted octanol–water partition coefficient (Wildman–Crippen LogP) is 2.83. The first-order valence-electron chi connectivity index (χ1n) is 6.81. The van der Waals surface area contributed by atoms with Crippen molar-refractivity contribution in [1.29, 1.82) is 0 Å². The van der Waals surface area contributed by atoms with Crippen molar-refractivity contribution in [2.24, 2.45) is 23.6 Å². The fourth-order valence-electron chi connectivity index (χ4n) is 3.36. The van der Waals surface area contributed by atoms with Gasteiger partial charge in [-0.15, -0.1) is 0 Å². The minimum atomic E-state index is 0.632. The molecular weight excluding hydrogens is 184 g/mol. The number of nitrogens with one attached hydrogen (secondary N) is 1. The molecule has 0 aromatic heterocycles. The Balaban J connectivity index is 1.76. The van der Waals surface area contributed by atoms with Gasteiger partial charge in [0.1, 0.15) is 0 Å². The second-order valence-corrected chi connectivity index (χ2v) is 5.60. The summed E-state index contributed by atoms with van der Waals surface area (Å²) < 4.78 is 0. The Hall–Kier alpha value is -0.0800. The highest BCUT2D eigenvalue weighted by Gasteiger charge is 2.37. The van der Waals surface area contributed by atoms with Crippen molar-refractivity contribution < 1.29 is 0 Å². The molecule has 0 bridgehead atoms. The first kappa shape index (κ1) is 11.4. The molecule has 15 heavy (non-hydrogen) atoms. The maximum atomic E-state index is 5.69. The zero-order chi connectivity index (χ0) is 10.7. The molecular formula is C13H26N2. The van der Waals surface area contributed by atoms with Gasteiger partial charge in [-0.05, 0) is 43.4 Å². The average molecular weight is 210 g/mol. The topological polar surface area (TPSA) is 38.0 Å². The number of nitrogens with two attached hydrogens (primary N) is 1. The normalized spacial score (nSPS) is 34.0. The Labute approximate surface area is 94.0 Å². The molecule has 2 nitrogen and oxygen atoms in total. The third kappa shape index (κ3) is 2.94. The number of rotatable bonds is 5. The fraction of sp³-hybridized carbons (Fsp3) is 1.00. The van der Waals surface area contributed by atoms with Crippen LogP contribution in [0, 0.1) is 17.8 Å². The van der Waals surface area contributed by atoms with E-state index in [1.54, 1.807) is 0 Å². The summed E-state index contributed by atoms with van der Waals surface area (Å²) in [5, 5.41) is 0. The number of hydrazine groups is 1. The van der Waals surface area contributed by atoms with Gasteiger partial charge >= 0.3 is 0 Å². The van der Waals surface area contributed by atoms with Crippen LogP contribution in [0.25, 0.3) is 0 Å². The summed E-state index contributed by atoms with van der Waals surface area (Å²) in [5.41, 5.74) is 3.08. The Kier molecular flexibility index (Phi) is 4.04. The van der Waals surface area contributed by atoms with Gasteiger partial charge in [-0.1, -0.05) is 32.6 Å². The van der Waals surface area contributed by atoms with Crippen LogP contribution in [0.4, 0.5) is 0 Å². The van der Waals surface area contributed by atoms with Gasteiger partial charge in [-0.3, -0.25) is 11.3 Å². The van der Waals surface area contributed by atoms with Crippen LogP contribution in [-0.2, 0) is 0 Å². The van der Waals surface area contributed by atoms with Crippen molar-refractivity contribution in [1.82, 2.24) is 5.43 Å². The van der Waals surface area contributed by atoms with Crippen LogP contribution in [0.5, 0.6) is 0 Å². The van der Waals surface area contributed by atoms with Crippen LogP contribution >= 0.6 is 0 Å². The van der Waals surface area contributed by atoms with Crippen LogP contribution in [0.15, 0.2) is 0 Å². The Morgan fingerprint density at radius 1 is 1.07 bits per heavy atom. The van der Waals surface area contributed by atoms with Crippen molar-refractivity contribution in [3.8, 4) is 0 Å². The predicted molar refractivity (Wildman–Crippen MR) is 64.2 cm³/mol. The summed E-state index contributed by atoms with van der Waals surface area (Å²) in [6, 6.07) is 0.632. The molecule has 2 aliphatic carbocycles. The van der Waals surface area contributed by atoms with Crippen LogP contribution in [0.2, 0.25) is 0 Å². The monoisotopic (exact) mass is 210 g/mol. The fourth-order valence-corrected chi connectivity index (χ4v) is 3.36. The van der Waals surface area contributed by atoms with Crippen LogP contribution in [0.3, 0.4) is 0 Å². The van der Waals surface area contributed by atoms with Gasteiger partial charge in [0.25, 0.3) is 0 Å². The second-order valence-electron chi connectivity index (χ2n) is 5.60. The molecule has 3 N–H and O–H groups in total. The van der Waals surface area contributed by atoms with E-state index in [1.165, 1.54) is 51.4 Å². The summed E-state index contributed by atoms with van der Waals surface area (Å²) in [5.74, 6) is 8.48. The largest absolute Gasteiger partial charge is 0.271 e. The van der Waals surface area contributed by atoms with E-state index in [-0.39, 0.29) is 0 Å². The third-order valence-corrected chi connectivity index (χ3v) is 4.42. The highest BCUT2D eigenvalue weighted by molar-refractivity contribution is 4.91. The molecule has 2 heteroatoms. The van der Waals surface area contributed by atoms with Gasteiger partial charge in [-0.25, -0.2) is 0 Å². The Morgan fingerprint density at radius 2 is 1.60 bits per heavy atom. The average Bonchev–Trinajstić information content (AvgIpc) is 3.06. The molecule has 1 atom stereocenters. The van der Waals surface area contributed by atoms with Crippen molar-refractivity contribution in [3.63, 3.8) is 0 Å². The van der Waals surface area contributed by atoms with Crippen LogP contribution in [0.1, 0.15) is 58.3 Å². The molecule has 0 aliphatic heterocycles. The van der Waals surface area contributed by atoms with Gasteiger partial charge in [0.2, 0.25) is 0 Å². The summed E-state index contributed by atoms with van der Waals surface area (Å²) in [7, 11) is 0. The van der Waals surface area contributed by atoms with E-state index in [0.29, 0.717) is 6.04 Å². The van der Waals surface area contributed by atoms with Gasteiger partial charge in [-0.2, -0.15) is 0 Å². The molecule has 0 aromatic carbocycles. The maximum absolute atomic E-state index is 5.69. The van der Waals surface area contributed by atoms with E-state index in [4.69, 9.17) is 5.84 Å². The van der Waals surface area contributed by atoms with E-state index < -0.39 is 0 Å². The molecule has 1 unspecified atom stereocenters. The molecule has 0 radical (unpaired) electrons. The second kappa shape index (κ2) is 5.31. The van der Waals surface area contributed by atoms with Crippen molar-refractivity contribution >= 4 is 0 Å². The lowest BCUT2D eigenvalue weighted by Gasteiger charge is -2.33. The highest BCUT2D eigenvalue weighted by Crippen LogP contribution is 2.41. The van der Waals surface area contributed by atoms with E-state index in [1.807, 2.05) is 0 Å². The Morgan fingerprint density at radius 3 is 2.00 bits per heavy atom. The summed E-state index contributed by atoms with van der Waals surface area (Å²) >= 11 is 0.